The van der Waals surface area contributed by atoms with Crippen LogP contribution in [0.4, 0.5) is 11.4 Å². The van der Waals surface area contributed by atoms with Gasteiger partial charge < -0.3 is 0 Å². The fourth-order valence-corrected chi connectivity index (χ4v) is 3.89. The van der Waals surface area contributed by atoms with Crippen molar-refractivity contribution in [3.63, 3.8) is 0 Å². The van der Waals surface area contributed by atoms with Crippen LogP contribution < -0.4 is 0 Å². The fraction of sp³-hybridized carbons (Fsp3) is 0.500. The Morgan fingerprint density at radius 3 is 1.97 bits per heavy atom. The number of rotatable bonds is 12. The maximum absolute atomic E-state index is 4.97. The van der Waals surface area contributed by atoms with Crippen molar-refractivity contribution in [1.82, 2.24) is 0 Å². The first-order chi connectivity index (χ1) is 14.6. The Kier molecular flexibility index (Phi) is 13.3. The molecular weight excluding hydrogens is 423 g/mol. The second-order valence-electron chi connectivity index (χ2n) is 8.08. The molecule has 2 aromatic rings. The minimum absolute atomic E-state index is 0. The van der Waals surface area contributed by atoms with E-state index in [1.807, 2.05) is 6.21 Å². The van der Waals surface area contributed by atoms with Crippen LogP contribution >= 0.6 is 0 Å². The average molecular weight is 463 g/mol. The van der Waals surface area contributed by atoms with Crippen LogP contribution in [-0.2, 0) is 42.2 Å². The third kappa shape index (κ3) is 8.73. The Morgan fingerprint density at radius 2 is 1.32 bits per heavy atom. The van der Waals surface area contributed by atoms with Gasteiger partial charge in [-0.15, -0.1) is 0 Å². The molecule has 0 bridgehead atoms. The molecule has 0 aliphatic heterocycles. The van der Waals surface area contributed by atoms with Crippen LogP contribution in [0.5, 0.6) is 0 Å². The molecular formula is C28H40N2Ni. The monoisotopic (exact) mass is 462 g/mol. The van der Waals surface area contributed by atoms with E-state index in [1.165, 1.54) is 35.1 Å². The molecule has 0 fully saturated rings. The standard InChI is InChI=1S/C28H40N2.Ni/c1-6-11-14-28(30-27-18-15-22(9-4)23(10-5)19-27)21-29-26-17-16-24(12-7-2)25(20-26)13-8-3;/h15-21H,6-14H2,1-5H3;/b29-21+,30-28+;. The number of hydrogen-bond acceptors (Lipinski definition) is 2. The van der Waals surface area contributed by atoms with E-state index in [0.717, 1.165) is 62.0 Å². The van der Waals surface area contributed by atoms with Crippen molar-refractivity contribution >= 4 is 23.3 Å². The van der Waals surface area contributed by atoms with Gasteiger partial charge in [0.2, 0.25) is 0 Å². The van der Waals surface area contributed by atoms with Gasteiger partial charge in [0.05, 0.1) is 17.1 Å². The van der Waals surface area contributed by atoms with Crippen molar-refractivity contribution in [2.75, 3.05) is 0 Å². The van der Waals surface area contributed by atoms with Gasteiger partial charge in [-0.2, -0.15) is 0 Å². The molecule has 0 aromatic heterocycles. The van der Waals surface area contributed by atoms with Crippen molar-refractivity contribution < 1.29 is 16.5 Å². The van der Waals surface area contributed by atoms with E-state index >= 15 is 0 Å². The van der Waals surface area contributed by atoms with Crippen LogP contribution in [0.3, 0.4) is 0 Å². The Morgan fingerprint density at radius 1 is 0.710 bits per heavy atom. The Bertz CT molecular complexity index is 852. The Hall–Kier alpha value is -1.73. The first-order valence-corrected chi connectivity index (χ1v) is 12.0. The molecule has 0 N–H and O–H groups in total. The van der Waals surface area contributed by atoms with Crippen LogP contribution in [0.15, 0.2) is 46.4 Å². The van der Waals surface area contributed by atoms with Crippen molar-refractivity contribution in [3.8, 4) is 0 Å². The molecule has 2 aromatic carbocycles. The molecule has 0 saturated heterocycles. The molecule has 3 heteroatoms. The molecule has 2 nitrogen and oxygen atoms in total. The zero-order valence-corrected chi connectivity index (χ0v) is 21.1. The van der Waals surface area contributed by atoms with Crippen LogP contribution in [0, 0.1) is 0 Å². The van der Waals surface area contributed by atoms with E-state index in [4.69, 9.17) is 9.98 Å². The normalized spacial score (nSPS) is 11.7. The summed E-state index contributed by atoms with van der Waals surface area (Å²) in [7, 11) is 0. The fourth-order valence-electron chi connectivity index (χ4n) is 3.89. The van der Waals surface area contributed by atoms with E-state index in [9.17, 15) is 0 Å². The molecule has 0 aliphatic rings. The Balaban J connectivity index is 0.00000480. The summed E-state index contributed by atoms with van der Waals surface area (Å²) in [6.07, 6.45) is 12.0. The molecule has 172 valence electrons. The molecule has 31 heavy (non-hydrogen) atoms. The third-order valence-electron chi connectivity index (χ3n) is 5.60. The SMILES string of the molecule is CCCCC(/C=N/c1ccc(CCC)c(CCC)c1)=N\c1ccc(CC)c(CC)c1.[Ni]. The van der Waals surface area contributed by atoms with Gasteiger partial charge in [-0.25, -0.2) is 0 Å². The largest absolute Gasteiger partial charge is 0.255 e. The maximum atomic E-state index is 4.97. The minimum Gasteiger partial charge on any atom is -0.255 e. The topological polar surface area (TPSA) is 24.7 Å². The molecule has 0 unspecified atom stereocenters. The van der Waals surface area contributed by atoms with Crippen LogP contribution in [-0.4, -0.2) is 11.9 Å². The van der Waals surface area contributed by atoms with E-state index in [1.54, 1.807) is 0 Å². The third-order valence-corrected chi connectivity index (χ3v) is 5.60. The summed E-state index contributed by atoms with van der Waals surface area (Å²) in [5.41, 5.74) is 8.91. The zero-order chi connectivity index (χ0) is 21.8. The van der Waals surface area contributed by atoms with Crippen molar-refractivity contribution in [2.45, 2.75) is 92.4 Å². The van der Waals surface area contributed by atoms with E-state index in [-0.39, 0.29) is 16.5 Å². The smallest absolute Gasteiger partial charge is 0.0636 e. The molecule has 0 aliphatic carbocycles. The average Bonchev–Trinajstić information content (AvgIpc) is 2.77. The van der Waals surface area contributed by atoms with Crippen molar-refractivity contribution in [1.29, 1.82) is 0 Å². The predicted octanol–water partition coefficient (Wildman–Crippen LogP) is 8.38. The second kappa shape index (κ2) is 15.1. The predicted molar refractivity (Wildman–Crippen MR) is 134 cm³/mol. The summed E-state index contributed by atoms with van der Waals surface area (Å²) < 4.78 is 0. The van der Waals surface area contributed by atoms with Crippen LogP contribution in [0.1, 0.15) is 89.0 Å². The molecule has 0 amide bonds. The molecule has 0 heterocycles. The van der Waals surface area contributed by atoms with Gasteiger partial charge in [-0.3, -0.25) is 9.98 Å². The number of hydrogen-bond donors (Lipinski definition) is 0. The summed E-state index contributed by atoms with van der Waals surface area (Å²) in [5.74, 6) is 0. The summed E-state index contributed by atoms with van der Waals surface area (Å²) >= 11 is 0. The van der Waals surface area contributed by atoms with Gasteiger partial charge in [0.15, 0.2) is 0 Å². The number of aliphatic imine (C=N–C) groups is 2. The second-order valence-corrected chi connectivity index (χ2v) is 8.08. The minimum atomic E-state index is 0. The van der Waals surface area contributed by atoms with Gasteiger partial charge in [0.25, 0.3) is 0 Å². The van der Waals surface area contributed by atoms with E-state index < -0.39 is 0 Å². The quantitative estimate of drug-likeness (QED) is 0.223. The number of benzene rings is 2. The van der Waals surface area contributed by atoms with Crippen molar-refractivity contribution in [2.24, 2.45) is 9.98 Å². The first-order valence-electron chi connectivity index (χ1n) is 12.0. The molecule has 0 saturated carbocycles. The first kappa shape index (κ1) is 27.3. The molecule has 0 atom stereocenters. The summed E-state index contributed by atoms with van der Waals surface area (Å²) in [4.78, 5) is 9.79. The Labute approximate surface area is 200 Å². The van der Waals surface area contributed by atoms with E-state index in [0.29, 0.717) is 0 Å². The van der Waals surface area contributed by atoms with Crippen LogP contribution in [0.2, 0.25) is 0 Å². The van der Waals surface area contributed by atoms with Gasteiger partial charge in [0, 0.05) is 22.7 Å². The molecule has 0 radical (unpaired) electrons. The van der Waals surface area contributed by atoms with Gasteiger partial charge >= 0.3 is 0 Å². The summed E-state index contributed by atoms with van der Waals surface area (Å²) in [6, 6.07) is 13.3. The number of unbranched alkanes of at least 4 members (excludes halogenated alkanes) is 1. The van der Waals surface area contributed by atoms with Crippen LogP contribution in [0.25, 0.3) is 0 Å². The van der Waals surface area contributed by atoms with Gasteiger partial charge in [0.1, 0.15) is 0 Å². The molecule has 2 rings (SSSR count). The summed E-state index contributed by atoms with van der Waals surface area (Å²) in [6.45, 7) is 11.2. The maximum Gasteiger partial charge on any atom is 0.0636 e. The number of nitrogens with zero attached hydrogens (tertiary/aromatic N) is 2. The zero-order valence-electron chi connectivity index (χ0n) is 20.1. The van der Waals surface area contributed by atoms with E-state index in [2.05, 4.69) is 71.0 Å². The van der Waals surface area contributed by atoms with Gasteiger partial charge in [-0.1, -0.05) is 66.0 Å². The molecule has 0 spiro atoms. The summed E-state index contributed by atoms with van der Waals surface area (Å²) in [5, 5.41) is 0. The van der Waals surface area contributed by atoms with Crippen molar-refractivity contribution in [3.05, 3.63) is 58.7 Å². The van der Waals surface area contributed by atoms with Gasteiger partial charge in [-0.05, 0) is 85.0 Å². The number of aryl methyl sites for hydroxylation is 4.